The Bertz CT molecular complexity index is 620. The third kappa shape index (κ3) is 2.81. The van der Waals surface area contributed by atoms with Crippen LogP contribution in [0.5, 0.6) is 5.75 Å². The second-order valence-corrected chi connectivity index (χ2v) is 13.9. The highest BCUT2D eigenvalue weighted by atomic mass is 28.4. The van der Waals surface area contributed by atoms with E-state index in [1.807, 2.05) is 18.2 Å². The summed E-state index contributed by atoms with van der Waals surface area (Å²) in [5.74, 6) is 0.0869. The number of ether oxygens (including phenoxy) is 1. The Morgan fingerprint density at radius 2 is 1.92 bits per heavy atom. The summed E-state index contributed by atoms with van der Waals surface area (Å²) in [5.41, 5.74) is 0.995. The van der Waals surface area contributed by atoms with Crippen LogP contribution in [0, 0.1) is 5.41 Å². The third-order valence-electron chi connectivity index (χ3n) is 5.80. The fourth-order valence-corrected chi connectivity index (χ4v) is 4.05. The maximum atomic E-state index is 6.44. The van der Waals surface area contributed by atoms with E-state index in [1.54, 1.807) is 0 Å². The lowest BCUT2D eigenvalue weighted by molar-refractivity contribution is -0.607. The van der Waals surface area contributed by atoms with Gasteiger partial charge in [0, 0.05) is 11.0 Å². The summed E-state index contributed by atoms with van der Waals surface area (Å²) in [7, 11) is -1.88. The average molecular weight is 351 g/mol. The van der Waals surface area contributed by atoms with Crippen molar-refractivity contribution in [2.45, 2.75) is 71.1 Å². The summed E-state index contributed by atoms with van der Waals surface area (Å²) in [6, 6.07) is 8.12. The third-order valence-corrected chi connectivity index (χ3v) is 10.2. The van der Waals surface area contributed by atoms with Crippen LogP contribution in [0.25, 0.3) is 0 Å². The standard InChI is InChI=1S/C19H30O4Si/c1-17(2,3)24(6,7)22-15-10-8-9-14(13-15)19-16(21-23-19)18(4,5)11-12-20-19/h8-10,13,16H,11-12H2,1-7H3. The van der Waals surface area contributed by atoms with Crippen molar-refractivity contribution in [2.75, 3.05) is 6.61 Å². The first-order chi connectivity index (χ1) is 11.0. The fourth-order valence-electron chi connectivity index (χ4n) is 3.03. The van der Waals surface area contributed by atoms with E-state index in [4.69, 9.17) is 18.9 Å². The van der Waals surface area contributed by atoms with Gasteiger partial charge in [0.05, 0.1) is 6.61 Å². The molecule has 2 atom stereocenters. The molecule has 0 spiro atoms. The zero-order chi connectivity index (χ0) is 17.8. The van der Waals surface area contributed by atoms with E-state index in [9.17, 15) is 0 Å². The fraction of sp³-hybridized carbons (Fsp3) is 0.684. The SMILES string of the molecule is CC1(C)CCOC2(c3cccc(O[Si](C)(C)C(C)(C)C)c3)OOC12. The number of fused-ring (bicyclic) bond motifs is 1. The molecule has 2 saturated heterocycles. The summed E-state index contributed by atoms with van der Waals surface area (Å²) in [5, 5.41) is 0.156. The van der Waals surface area contributed by atoms with Crippen LogP contribution in [0.1, 0.15) is 46.6 Å². The normalized spacial score (nSPS) is 29.5. The van der Waals surface area contributed by atoms with E-state index in [2.05, 4.69) is 53.8 Å². The zero-order valence-electron chi connectivity index (χ0n) is 15.9. The van der Waals surface area contributed by atoms with Gasteiger partial charge in [-0.25, -0.2) is 4.89 Å². The Kier molecular flexibility index (Phi) is 4.15. The molecule has 0 saturated carbocycles. The van der Waals surface area contributed by atoms with Crippen LogP contribution >= 0.6 is 0 Å². The quantitative estimate of drug-likeness (QED) is 0.568. The molecular formula is C19H30O4Si. The first kappa shape index (κ1) is 17.9. The topological polar surface area (TPSA) is 36.9 Å². The van der Waals surface area contributed by atoms with Crippen LogP contribution in [0.15, 0.2) is 24.3 Å². The second-order valence-electron chi connectivity index (χ2n) is 9.20. The summed E-state index contributed by atoms with van der Waals surface area (Å²) in [6.45, 7) is 16.3. The minimum Gasteiger partial charge on any atom is -0.543 e. The van der Waals surface area contributed by atoms with Crippen molar-refractivity contribution in [1.82, 2.24) is 0 Å². The molecule has 2 heterocycles. The van der Waals surface area contributed by atoms with Crippen LogP contribution in [-0.2, 0) is 20.3 Å². The molecule has 134 valence electrons. The first-order valence-electron chi connectivity index (χ1n) is 8.76. The van der Waals surface area contributed by atoms with E-state index in [0.717, 1.165) is 17.7 Å². The molecule has 1 aromatic rings. The van der Waals surface area contributed by atoms with Gasteiger partial charge in [-0.15, -0.1) is 0 Å². The molecule has 2 fully saturated rings. The van der Waals surface area contributed by atoms with Crippen LogP contribution in [-0.4, -0.2) is 21.0 Å². The summed E-state index contributed by atoms with van der Waals surface area (Å²) >= 11 is 0. The summed E-state index contributed by atoms with van der Waals surface area (Å²) in [4.78, 5) is 11.0. The van der Waals surface area contributed by atoms with Crippen LogP contribution in [0.4, 0.5) is 0 Å². The Hall–Kier alpha value is -0.883. The van der Waals surface area contributed by atoms with Crippen molar-refractivity contribution >= 4 is 8.32 Å². The average Bonchev–Trinajstić information content (AvgIpc) is 2.39. The number of hydrogen-bond donors (Lipinski definition) is 0. The van der Waals surface area contributed by atoms with Gasteiger partial charge in [-0.3, -0.25) is 0 Å². The van der Waals surface area contributed by atoms with E-state index >= 15 is 0 Å². The smallest absolute Gasteiger partial charge is 0.258 e. The Labute approximate surface area is 146 Å². The van der Waals surface area contributed by atoms with E-state index in [1.165, 1.54) is 0 Å². The molecule has 2 aliphatic rings. The Balaban J connectivity index is 1.89. The van der Waals surface area contributed by atoms with Gasteiger partial charge in [-0.1, -0.05) is 46.8 Å². The highest BCUT2D eigenvalue weighted by molar-refractivity contribution is 6.74. The zero-order valence-corrected chi connectivity index (χ0v) is 16.9. The molecule has 5 heteroatoms. The van der Waals surface area contributed by atoms with Gasteiger partial charge in [-0.2, -0.15) is 4.89 Å². The van der Waals surface area contributed by atoms with E-state index < -0.39 is 14.1 Å². The number of benzene rings is 1. The largest absolute Gasteiger partial charge is 0.543 e. The van der Waals surface area contributed by atoms with Gasteiger partial charge in [0.25, 0.3) is 5.79 Å². The highest BCUT2D eigenvalue weighted by Crippen LogP contribution is 2.53. The van der Waals surface area contributed by atoms with Crippen molar-refractivity contribution in [3.05, 3.63) is 29.8 Å². The molecule has 2 unspecified atom stereocenters. The number of hydrogen-bond acceptors (Lipinski definition) is 4. The minimum atomic E-state index is -1.88. The van der Waals surface area contributed by atoms with Gasteiger partial charge in [0.2, 0.25) is 8.32 Å². The molecule has 1 aromatic carbocycles. The van der Waals surface area contributed by atoms with Gasteiger partial charge in [-0.05, 0) is 36.7 Å². The summed E-state index contributed by atoms with van der Waals surface area (Å²) < 4.78 is 12.5. The minimum absolute atomic E-state index is 0.0206. The van der Waals surface area contributed by atoms with Crippen molar-refractivity contribution in [3.63, 3.8) is 0 Å². The second kappa shape index (κ2) is 5.56. The molecule has 0 bridgehead atoms. The van der Waals surface area contributed by atoms with Crippen molar-refractivity contribution < 1.29 is 18.9 Å². The highest BCUT2D eigenvalue weighted by Gasteiger charge is 2.63. The van der Waals surface area contributed by atoms with Crippen molar-refractivity contribution in [1.29, 1.82) is 0 Å². The molecule has 0 aliphatic carbocycles. The van der Waals surface area contributed by atoms with Gasteiger partial charge in [0.1, 0.15) is 5.75 Å². The molecule has 4 nitrogen and oxygen atoms in total. The molecular weight excluding hydrogens is 320 g/mol. The van der Waals surface area contributed by atoms with E-state index in [0.29, 0.717) is 6.61 Å². The molecule has 0 amide bonds. The molecule has 24 heavy (non-hydrogen) atoms. The lowest BCUT2D eigenvalue weighted by atomic mass is 9.74. The Morgan fingerprint density at radius 1 is 1.21 bits per heavy atom. The van der Waals surface area contributed by atoms with Crippen LogP contribution in [0.3, 0.4) is 0 Å². The van der Waals surface area contributed by atoms with Crippen molar-refractivity contribution in [3.8, 4) is 5.75 Å². The van der Waals surface area contributed by atoms with Gasteiger partial charge in [0.15, 0.2) is 6.10 Å². The van der Waals surface area contributed by atoms with Gasteiger partial charge >= 0.3 is 0 Å². The van der Waals surface area contributed by atoms with Crippen LogP contribution in [0.2, 0.25) is 18.1 Å². The molecule has 0 aromatic heterocycles. The lowest BCUT2D eigenvalue weighted by Crippen LogP contribution is -2.64. The van der Waals surface area contributed by atoms with Crippen LogP contribution < -0.4 is 4.43 Å². The van der Waals surface area contributed by atoms with Gasteiger partial charge < -0.3 is 9.16 Å². The molecule has 3 rings (SSSR count). The number of rotatable bonds is 3. The maximum Gasteiger partial charge on any atom is 0.258 e. The summed E-state index contributed by atoms with van der Waals surface area (Å²) in [6.07, 6.45) is 0.866. The molecule has 0 radical (unpaired) electrons. The molecule has 0 N–H and O–H groups in total. The van der Waals surface area contributed by atoms with E-state index in [-0.39, 0.29) is 16.6 Å². The monoisotopic (exact) mass is 350 g/mol. The predicted molar refractivity (Wildman–Crippen MR) is 96.3 cm³/mol. The lowest BCUT2D eigenvalue weighted by Gasteiger charge is -2.55. The molecule has 2 aliphatic heterocycles. The Morgan fingerprint density at radius 3 is 2.50 bits per heavy atom. The predicted octanol–water partition coefficient (Wildman–Crippen LogP) is 5.00. The maximum absolute atomic E-state index is 6.44. The van der Waals surface area contributed by atoms with Crippen molar-refractivity contribution in [2.24, 2.45) is 5.41 Å². The first-order valence-corrected chi connectivity index (χ1v) is 11.7.